The van der Waals surface area contributed by atoms with E-state index >= 15 is 0 Å². The van der Waals surface area contributed by atoms with Crippen molar-refractivity contribution in [1.82, 2.24) is 9.97 Å². The molecule has 90 valence electrons. The first-order valence-corrected chi connectivity index (χ1v) is 7.43. The van der Waals surface area contributed by atoms with Gasteiger partial charge in [0.15, 0.2) is 5.16 Å². The lowest BCUT2D eigenvalue weighted by Crippen LogP contribution is -2.09. The molecule has 0 aliphatic rings. The lowest BCUT2D eigenvalue weighted by Gasteiger charge is -2.09. The smallest absolute Gasteiger partial charge is 0.190 e. The number of hydrogen-bond donors (Lipinski definition) is 2. The monoisotopic (exact) mass is 258 g/mol. The molecule has 0 radical (unpaired) electrons. The molecule has 1 rings (SSSR count). The summed E-state index contributed by atoms with van der Waals surface area (Å²) in [5.74, 6) is 7.81. The molecule has 0 bridgehead atoms. The van der Waals surface area contributed by atoms with E-state index in [2.05, 4.69) is 29.2 Å². The fourth-order valence-corrected chi connectivity index (χ4v) is 2.46. The second kappa shape index (κ2) is 6.98. The number of aromatic nitrogens is 2. The van der Waals surface area contributed by atoms with Crippen molar-refractivity contribution in [2.45, 2.75) is 30.5 Å². The summed E-state index contributed by atoms with van der Waals surface area (Å²) in [6.45, 7) is 4.44. The molecule has 4 nitrogen and oxygen atoms in total. The van der Waals surface area contributed by atoms with Gasteiger partial charge in [-0.1, -0.05) is 32.0 Å². The van der Waals surface area contributed by atoms with E-state index in [1.165, 1.54) is 18.2 Å². The minimum Gasteiger partial charge on any atom is -0.308 e. The van der Waals surface area contributed by atoms with Crippen LogP contribution in [-0.4, -0.2) is 22.0 Å². The minimum atomic E-state index is 0.672. The van der Waals surface area contributed by atoms with Crippen LogP contribution in [0.5, 0.6) is 0 Å². The highest BCUT2D eigenvalue weighted by molar-refractivity contribution is 7.99. The Balaban J connectivity index is 2.71. The molecule has 0 saturated carbocycles. The van der Waals surface area contributed by atoms with E-state index in [4.69, 9.17) is 5.84 Å². The van der Waals surface area contributed by atoms with Crippen LogP contribution in [0.25, 0.3) is 0 Å². The highest BCUT2D eigenvalue weighted by atomic mass is 32.2. The van der Waals surface area contributed by atoms with Gasteiger partial charge in [0.2, 0.25) is 0 Å². The van der Waals surface area contributed by atoms with Gasteiger partial charge in [0, 0.05) is 11.8 Å². The normalized spacial score (nSPS) is 12.5. The molecule has 1 atom stereocenters. The average Bonchev–Trinajstić information content (AvgIpc) is 2.35. The van der Waals surface area contributed by atoms with Crippen molar-refractivity contribution in [1.29, 1.82) is 0 Å². The largest absolute Gasteiger partial charge is 0.308 e. The second-order valence-electron chi connectivity index (χ2n) is 3.55. The molecule has 0 aromatic carbocycles. The lowest BCUT2D eigenvalue weighted by atomic mass is 10.2. The number of hydrazine groups is 1. The summed E-state index contributed by atoms with van der Waals surface area (Å²) in [6.07, 6.45) is 3.15. The summed E-state index contributed by atoms with van der Waals surface area (Å²) >= 11 is 3.27. The fraction of sp³-hybridized carbons (Fsp3) is 0.600. The Morgan fingerprint density at radius 2 is 2.25 bits per heavy atom. The molecular formula is C10H18N4S2. The molecule has 16 heavy (non-hydrogen) atoms. The zero-order valence-electron chi connectivity index (χ0n) is 9.86. The highest BCUT2D eigenvalue weighted by Crippen LogP contribution is 2.24. The SMILES string of the molecule is CCC(C)CSc1cc(NN)nc(SC)n1. The number of nitrogens with one attached hydrogen (secondary N) is 1. The average molecular weight is 258 g/mol. The van der Waals surface area contributed by atoms with E-state index in [1.807, 2.05) is 12.3 Å². The maximum absolute atomic E-state index is 5.37. The van der Waals surface area contributed by atoms with Gasteiger partial charge in [0.05, 0.1) is 0 Å². The first-order valence-electron chi connectivity index (χ1n) is 5.22. The van der Waals surface area contributed by atoms with E-state index in [-0.39, 0.29) is 0 Å². The third-order valence-electron chi connectivity index (χ3n) is 2.23. The minimum absolute atomic E-state index is 0.672. The third-order valence-corrected chi connectivity index (χ3v) is 4.01. The molecule has 1 aromatic heterocycles. The standard InChI is InChI=1S/C10H18N4S2/c1-4-7(2)6-16-9-5-8(14-11)12-10(13-9)15-3/h5,7H,4,6,11H2,1-3H3,(H,12,13,14). The number of nitrogens with two attached hydrogens (primary N) is 1. The van der Waals surface area contributed by atoms with Gasteiger partial charge in [-0.3, -0.25) is 0 Å². The number of anilines is 1. The van der Waals surface area contributed by atoms with Crippen LogP contribution in [0, 0.1) is 5.92 Å². The number of rotatable bonds is 6. The Morgan fingerprint density at radius 3 is 2.81 bits per heavy atom. The summed E-state index contributed by atoms with van der Waals surface area (Å²) in [4.78, 5) is 8.65. The van der Waals surface area contributed by atoms with Gasteiger partial charge in [0.1, 0.15) is 10.8 Å². The molecule has 1 heterocycles. The molecule has 0 aliphatic heterocycles. The molecule has 3 N–H and O–H groups in total. The number of thioether (sulfide) groups is 2. The van der Waals surface area contributed by atoms with Crippen LogP contribution in [0.3, 0.4) is 0 Å². The number of nitrogen functional groups attached to an aromatic ring is 1. The molecule has 1 aromatic rings. The van der Waals surface area contributed by atoms with E-state index in [1.54, 1.807) is 11.8 Å². The predicted octanol–water partition coefficient (Wildman–Crippen LogP) is 2.62. The van der Waals surface area contributed by atoms with Gasteiger partial charge in [0.25, 0.3) is 0 Å². The Bertz CT molecular complexity index is 310. The van der Waals surface area contributed by atoms with Crippen LogP contribution < -0.4 is 11.3 Å². The van der Waals surface area contributed by atoms with E-state index in [9.17, 15) is 0 Å². The topological polar surface area (TPSA) is 63.8 Å². The van der Waals surface area contributed by atoms with Crippen LogP contribution in [0.4, 0.5) is 5.82 Å². The van der Waals surface area contributed by atoms with Gasteiger partial charge < -0.3 is 5.43 Å². The van der Waals surface area contributed by atoms with E-state index < -0.39 is 0 Å². The number of nitrogens with zero attached hydrogens (tertiary/aromatic N) is 2. The molecule has 0 saturated heterocycles. The summed E-state index contributed by atoms with van der Waals surface area (Å²) in [5, 5.41) is 1.73. The van der Waals surface area contributed by atoms with Crippen LogP contribution in [0.1, 0.15) is 20.3 Å². The Labute approximate surface area is 105 Å². The van der Waals surface area contributed by atoms with Crippen LogP contribution >= 0.6 is 23.5 Å². The van der Waals surface area contributed by atoms with Gasteiger partial charge >= 0.3 is 0 Å². The van der Waals surface area contributed by atoms with Crippen molar-refractivity contribution in [3.8, 4) is 0 Å². The zero-order valence-corrected chi connectivity index (χ0v) is 11.5. The number of hydrogen-bond acceptors (Lipinski definition) is 6. The van der Waals surface area contributed by atoms with Gasteiger partial charge in [-0.25, -0.2) is 15.8 Å². The van der Waals surface area contributed by atoms with Crippen molar-refractivity contribution in [2.75, 3.05) is 17.4 Å². The molecule has 0 spiro atoms. The van der Waals surface area contributed by atoms with Crippen LogP contribution in [-0.2, 0) is 0 Å². The predicted molar refractivity (Wildman–Crippen MR) is 71.8 cm³/mol. The quantitative estimate of drug-likeness (QED) is 0.269. The van der Waals surface area contributed by atoms with E-state index in [0.29, 0.717) is 11.7 Å². The summed E-state index contributed by atoms with van der Waals surface area (Å²) in [6, 6.07) is 1.88. The molecule has 6 heteroatoms. The van der Waals surface area contributed by atoms with Crippen molar-refractivity contribution >= 4 is 29.3 Å². The van der Waals surface area contributed by atoms with E-state index in [0.717, 1.165) is 15.9 Å². The molecule has 0 fully saturated rings. The Morgan fingerprint density at radius 1 is 1.50 bits per heavy atom. The van der Waals surface area contributed by atoms with Crippen molar-refractivity contribution in [2.24, 2.45) is 11.8 Å². The van der Waals surface area contributed by atoms with Gasteiger partial charge in [-0.2, -0.15) is 0 Å². The van der Waals surface area contributed by atoms with Crippen molar-refractivity contribution < 1.29 is 0 Å². The Hall–Kier alpha value is -0.460. The highest BCUT2D eigenvalue weighted by Gasteiger charge is 2.06. The molecule has 0 aliphatic carbocycles. The van der Waals surface area contributed by atoms with Crippen LogP contribution in [0.15, 0.2) is 16.2 Å². The summed E-state index contributed by atoms with van der Waals surface area (Å²) < 4.78 is 0. The van der Waals surface area contributed by atoms with Gasteiger partial charge in [-0.05, 0) is 12.2 Å². The molecule has 1 unspecified atom stereocenters. The molecular weight excluding hydrogens is 240 g/mol. The van der Waals surface area contributed by atoms with Gasteiger partial charge in [-0.15, -0.1) is 11.8 Å². The molecule has 0 amide bonds. The first kappa shape index (κ1) is 13.6. The van der Waals surface area contributed by atoms with Crippen molar-refractivity contribution in [3.63, 3.8) is 0 Å². The first-order chi connectivity index (χ1) is 7.69. The van der Waals surface area contributed by atoms with Crippen LogP contribution in [0.2, 0.25) is 0 Å². The third kappa shape index (κ3) is 4.19. The maximum atomic E-state index is 5.37. The maximum Gasteiger partial charge on any atom is 0.190 e. The summed E-state index contributed by atoms with van der Waals surface area (Å²) in [5.41, 5.74) is 2.57. The fourth-order valence-electron chi connectivity index (χ4n) is 0.988. The zero-order chi connectivity index (χ0) is 12.0. The Kier molecular flexibility index (Phi) is 5.94. The van der Waals surface area contributed by atoms with Crippen molar-refractivity contribution in [3.05, 3.63) is 6.07 Å². The lowest BCUT2D eigenvalue weighted by molar-refractivity contribution is 0.636. The second-order valence-corrected chi connectivity index (χ2v) is 5.36. The summed E-state index contributed by atoms with van der Waals surface area (Å²) in [7, 11) is 0.